The second kappa shape index (κ2) is 3.75. The first-order valence-corrected chi connectivity index (χ1v) is 5.29. The number of benzene rings is 1. The Bertz CT molecular complexity index is 400. The molecule has 0 bridgehead atoms. The topological polar surface area (TPSA) is 26.3 Å². The highest BCUT2D eigenvalue weighted by molar-refractivity contribution is 9.09. The number of carbonyl (C=O) groups is 1. The lowest BCUT2D eigenvalue weighted by molar-refractivity contribution is -0.134. The number of ether oxygens (including phenoxy) is 1. The van der Waals surface area contributed by atoms with Crippen LogP contribution in [0.4, 0.5) is 0 Å². The van der Waals surface area contributed by atoms with Gasteiger partial charge in [0.2, 0.25) is 0 Å². The van der Waals surface area contributed by atoms with Gasteiger partial charge in [-0.15, -0.1) is 0 Å². The summed E-state index contributed by atoms with van der Waals surface area (Å²) in [7, 11) is 0. The van der Waals surface area contributed by atoms with Gasteiger partial charge in [0, 0.05) is 0 Å². The van der Waals surface area contributed by atoms with E-state index in [0.29, 0.717) is 10.6 Å². The minimum absolute atomic E-state index is 0.386. The molecule has 72 valence electrons. The Morgan fingerprint density at radius 3 is 2.43 bits per heavy atom. The Kier molecular flexibility index (Phi) is 2.61. The molecule has 1 aromatic rings. The molecule has 1 aromatic carbocycles. The van der Waals surface area contributed by atoms with E-state index in [2.05, 4.69) is 15.9 Å². The predicted molar refractivity (Wildman–Crippen MR) is 58.0 cm³/mol. The summed E-state index contributed by atoms with van der Waals surface area (Å²) in [6.07, 6.45) is 0. The summed E-state index contributed by atoms with van der Waals surface area (Å²) < 4.78 is 4.91. The first-order chi connectivity index (χ1) is 6.70. The minimum Gasteiger partial charge on any atom is -0.441 e. The Balaban J connectivity index is 2.49. The SMILES string of the molecule is O=C1O[C@H](Br)C(Cl)=C1c1ccccc1. The van der Waals surface area contributed by atoms with E-state index in [4.69, 9.17) is 16.3 Å². The quantitative estimate of drug-likeness (QED) is 0.581. The molecule has 0 spiro atoms. The zero-order chi connectivity index (χ0) is 10.1. The van der Waals surface area contributed by atoms with Crippen molar-refractivity contribution in [1.29, 1.82) is 0 Å². The van der Waals surface area contributed by atoms with Crippen molar-refractivity contribution in [3.8, 4) is 0 Å². The zero-order valence-electron chi connectivity index (χ0n) is 7.04. The van der Waals surface area contributed by atoms with Gasteiger partial charge in [-0.05, 0) is 21.5 Å². The minimum atomic E-state index is -0.508. The maximum Gasteiger partial charge on any atom is 0.341 e. The fourth-order valence-electron chi connectivity index (χ4n) is 1.28. The summed E-state index contributed by atoms with van der Waals surface area (Å²) in [5.74, 6) is -0.386. The highest BCUT2D eigenvalue weighted by atomic mass is 79.9. The molecule has 14 heavy (non-hydrogen) atoms. The maximum absolute atomic E-state index is 11.4. The van der Waals surface area contributed by atoms with Crippen LogP contribution >= 0.6 is 27.5 Å². The molecule has 1 aliphatic rings. The van der Waals surface area contributed by atoms with E-state index in [9.17, 15) is 4.79 Å². The van der Waals surface area contributed by atoms with Gasteiger partial charge in [0.1, 0.15) is 0 Å². The van der Waals surface area contributed by atoms with Gasteiger partial charge in [-0.2, -0.15) is 0 Å². The van der Waals surface area contributed by atoms with Crippen molar-refractivity contribution in [2.24, 2.45) is 0 Å². The smallest absolute Gasteiger partial charge is 0.341 e. The molecule has 0 aliphatic carbocycles. The molecule has 0 saturated heterocycles. The number of alkyl halides is 1. The van der Waals surface area contributed by atoms with E-state index in [1.165, 1.54) is 0 Å². The average molecular weight is 274 g/mol. The van der Waals surface area contributed by atoms with Crippen LogP contribution < -0.4 is 0 Å². The number of esters is 1. The van der Waals surface area contributed by atoms with Gasteiger partial charge in [-0.1, -0.05) is 41.9 Å². The standard InChI is InChI=1S/C10H6BrClO2/c11-9-8(12)7(10(13)14-9)6-4-2-1-3-5-6/h1-5,9H/t9-/m0/s1. The molecular formula is C10H6BrClO2. The van der Waals surface area contributed by atoms with Crippen molar-refractivity contribution in [1.82, 2.24) is 0 Å². The molecule has 1 heterocycles. The van der Waals surface area contributed by atoms with Crippen LogP contribution in [0.25, 0.3) is 5.57 Å². The zero-order valence-corrected chi connectivity index (χ0v) is 9.38. The number of rotatable bonds is 1. The molecule has 0 aromatic heterocycles. The van der Waals surface area contributed by atoms with Crippen LogP contribution in [-0.2, 0) is 9.53 Å². The lowest BCUT2D eigenvalue weighted by Crippen LogP contribution is -2.01. The van der Waals surface area contributed by atoms with Gasteiger partial charge in [0.25, 0.3) is 0 Å². The summed E-state index contributed by atoms with van der Waals surface area (Å²) >= 11 is 9.09. The lowest BCUT2D eigenvalue weighted by Gasteiger charge is -1.97. The second-order valence-corrected chi connectivity index (χ2v) is 4.05. The van der Waals surface area contributed by atoms with Crippen molar-refractivity contribution in [3.05, 3.63) is 40.9 Å². The van der Waals surface area contributed by atoms with Gasteiger partial charge < -0.3 is 4.74 Å². The van der Waals surface area contributed by atoms with Crippen LogP contribution in [0.3, 0.4) is 0 Å². The number of carbonyl (C=O) groups excluding carboxylic acids is 1. The van der Waals surface area contributed by atoms with Gasteiger partial charge in [-0.3, -0.25) is 0 Å². The highest BCUT2D eigenvalue weighted by Crippen LogP contribution is 2.35. The monoisotopic (exact) mass is 272 g/mol. The van der Waals surface area contributed by atoms with Crippen LogP contribution in [0, 0.1) is 0 Å². The van der Waals surface area contributed by atoms with E-state index in [1.54, 1.807) is 0 Å². The van der Waals surface area contributed by atoms with Crippen molar-refractivity contribution in [2.75, 3.05) is 0 Å². The molecular weight excluding hydrogens is 267 g/mol. The van der Waals surface area contributed by atoms with E-state index >= 15 is 0 Å². The number of cyclic esters (lactones) is 1. The second-order valence-electron chi connectivity index (χ2n) is 2.81. The summed E-state index contributed by atoms with van der Waals surface area (Å²) in [4.78, 5) is 11.4. The first-order valence-electron chi connectivity index (χ1n) is 4.00. The Hall–Kier alpha value is -0.800. The molecule has 1 atom stereocenters. The summed E-state index contributed by atoms with van der Waals surface area (Å²) in [6, 6.07) is 9.22. The van der Waals surface area contributed by atoms with Crippen LogP contribution in [0.2, 0.25) is 0 Å². The third-order valence-corrected chi connectivity index (χ3v) is 3.21. The lowest BCUT2D eigenvalue weighted by atomic mass is 10.1. The number of hydrogen-bond acceptors (Lipinski definition) is 2. The highest BCUT2D eigenvalue weighted by Gasteiger charge is 2.31. The van der Waals surface area contributed by atoms with Crippen molar-refractivity contribution >= 4 is 39.1 Å². The van der Waals surface area contributed by atoms with Crippen LogP contribution in [0.5, 0.6) is 0 Å². The van der Waals surface area contributed by atoms with E-state index in [1.807, 2.05) is 30.3 Å². The third-order valence-electron chi connectivity index (χ3n) is 1.92. The van der Waals surface area contributed by atoms with E-state index in [0.717, 1.165) is 5.56 Å². The average Bonchev–Trinajstić information content (AvgIpc) is 2.43. The van der Waals surface area contributed by atoms with E-state index in [-0.39, 0.29) is 5.97 Å². The summed E-state index contributed by atoms with van der Waals surface area (Å²) in [5.41, 5.74) is 1.22. The molecule has 0 N–H and O–H groups in total. The van der Waals surface area contributed by atoms with Crippen molar-refractivity contribution in [3.63, 3.8) is 0 Å². The van der Waals surface area contributed by atoms with Gasteiger partial charge in [0.05, 0.1) is 10.6 Å². The van der Waals surface area contributed by atoms with Crippen molar-refractivity contribution < 1.29 is 9.53 Å². The van der Waals surface area contributed by atoms with Gasteiger partial charge >= 0.3 is 5.97 Å². The molecule has 1 aliphatic heterocycles. The molecule has 0 saturated carbocycles. The summed E-state index contributed by atoms with van der Waals surface area (Å²) in [5, 5.41) is -0.104. The number of hydrogen-bond donors (Lipinski definition) is 0. The largest absolute Gasteiger partial charge is 0.441 e. The molecule has 2 nitrogen and oxygen atoms in total. The van der Waals surface area contributed by atoms with Gasteiger partial charge in [0.15, 0.2) is 5.01 Å². The normalized spacial score (nSPS) is 21.3. The Morgan fingerprint density at radius 1 is 1.29 bits per heavy atom. The molecule has 0 amide bonds. The number of halogens is 2. The molecule has 0 unspecified atom stereocenters. The van der Waals surface area contributed by atoms with Crippen LogP contribution in [0.15, 0.2) is 35.4 Å². The first kappa shape index (κ1) is 9.74. The molecule has 2 rings (SSSR count). The van der Waals surface area contributed by atoms with Crippen LogP contribution in [-0.4, -0.2) is 11.0 Å². The third kappa shape index (κ3) is 1.57. The van der Waals surface area contributed by atoms with Crippen LogP contribution in [0.1, 0.15) is 5.56 Å². The predicted octanol–water partition coefficient (Wildman–Crippen LogP) is 2.91. The molecule has 4 heteroatoms. The molecule has 0 fully saturated rings. The maximum atomic E-state index is 11.4. The Labute approximate surface area is 94.6 Å². The summed E-state index contributed by atoms with van der Waals surface area (Å²) in [6.45, 7) is 0. The van der Waals surface area contributed by atoms with Crippen molar-refractivity contribution in [2.45, 2.75) is 5.01 Å². The fraction of sp³-hybridized carbons (Fsp3) is 0.100. The molecule has 0 radical (unpaired) electrons. The van der Waals surface area contributed by atoms with E-state index < -0.39 is 5.01 Å². The van der Waals surface area contributed by atoms with Gasteiger partial charge in [-0.25, -0.2) is 4.79 Å². The fourth-order valence-corrected chi connectivity index (χ4v) is 1.91. The Morgan fingerprint density at radius 2 is 1.93 bits per heavy atom.